The molecule has 3 fully saturated rings. The number of rotatable bonds is 3. The first kappa shape index (κ1) is 22.5. The third-order valence-electron chi connectivity index (χ3n) is 6.12. The van der Waals surface area contributed by atoms with Crippen molar-refractivity contribution in [2.45, 2.75) is 25.9 Å². The van der Waals surface area contributed by atoms with E-state index in [-0.39, 0.29) is 18.4 Å². The van der Waals surface area contributed by atoms with E-state index in [0.29, 0.717) is 23.8 Å². The van der Waals surface area contributed by atoms with Crippen LogP contribution in [0.2, 0.25) is 0 Å². The van der Waals surface area contributed by atoms with Crippen molar-refractivity contribution in [1.82, 2.24) is 9.80 Å². The lowest BCUT2D eigenvalue weighted by molar-refractivity contribution is -0.136. The van der Waals surface area contributed by atoms with Crippen LogP contribution in [0.4, 0.5) is 0 Å². The molecule has 3 saturated heterocycles. The molecule has 0 saturated carbocycles. The van der Waals surface area contributed by atoms with Crippen molar-refractivity contribution in [3.63, 3.8) is 0 Å². The third kappa shape index (κ3) is 5.30. The number of nitrogens with zero attached hydrogens (tertiary/aromatic N) is 2. The summed E-state index contributed by atoms with van der Waals surface area (Å²) in [5, 5.41) is 6.89. The normalized spacial score (nSPS) is 27.8. The van der Waals surface area contributed by atoms with Crippen molar-refractivity contribution in [3.05, 3.63) is 35.9 Å². The van der Waals surface area contributed by atoms with Crippen LogP contribution in [0.1, 0.15) is 25.5 Å². The average Bonchev–Trinajstić information content (AvgIpc) is 3.15. The van der Waals surface area contributed by atoms with E-state index in [2.05, 4.69) is 63.7 Å². The van der Waals surface area contributed by atoms with E-state index in [9.17, 15) is 4.79 Å². The van der Waals surface area contributed by atoms with Gasteiger partial charge in [-0.25, -0.2) is 0 Å². The Bertz CT molecular complexity index is 665. The molecule has 0 bridgehead atoms. The van der Waals surface area contributed by atoms with Crippen LogP contribution in [-0.4, -0.2) is 76.0 Å². The fraction of sp³-hybridized carbons (Fsp3) is 0.636. The minimum atomic E-state index is -0.250. The molecule has 1 amide bonds. The van der Waals surface area contributed by atoms with Gasteiger partial charge in [-0.2, -0.15) is 23.5 Å². The minimum absolute atomic E-state index is 0.0748. The molecule has 0 spiro atoms. The second kappa shape index (κ2) is 10.7. The molecule has 3 atom stereocenters. The summed E-state index contributed by atoms with van der Waals surface area (Å²) in [4.78, 5) is 26.2. The molecule has 4 rings (SSSR count). The molecule has 0 radical (unpaired) electrons. The molecule has 0 aromatic heterocycles. The fourth-order valence-electron chi connectivity index (χ4n) is 4.83. The first-order chi connectivity index (χ1) is 14.1. The van der Waals surface area contributed by atoms with Gasteiger partial charge in [-0.1, -0.05) is 44.2 Å². The lowest BCUT2D eigenvalue weighted by Gasteiger charge is -2.33. The minimum Gasteiger partial charge on any atom is -0.483 e. The fourth-order valence-corrected chi connectivity index (χ4v) is 7.46. The number of thioether (sulfide) groups is 2. The van der Waals surface area contributed by atoms with Gasteiger partial charge < -0.3 is 10.0 Å². The Labute approximate surface area is 182 Å². The maximum Gasteiger partial charge on any atom is 0.290 e. The van der Waals surface area contributed by atoms with Crippen LogP contribution < -0.4 is 0 Å². The molecule has 1 aromatic carbocycles. The first-order valence-electron chi connectivity index (χ1n) is 10.4. The van der Waals surface area contributed by atoms with Gasteiger partial charge in [0.25, 0.3) is 6.47 Å². The summed E-state index contributed by atoms with van der Waals surface area (Å²) in [6.07, 6.45) is 0. The van der Waals surface area contributed by atoms with Crippen LogP contribution in [0.3, 0.4) is 0 Å². The molecule has 3 aliphatic rings. The van der Waals surface area contributed by atoms with Gasteiger partial charge in [-0.15, -0.1) is 0 Å². The quantitative estimate of drug-likeness (QED) is 0.734. The summed E-state index contributed by atoms with van der Waals surface area (Å²) in [5.41, 5.74) is 1.32. The van der Waals surface area contributed by atoms with E-state index in [0.717, 1.165) is 13.1 Å². The molecule has 29 heavy (non-hydrogen) atoms. The Morgan fingerprint density at radius 1 is 1.10 bits per heavy atom. The molecule has 1 N–H and O–H groups in total. The Balaban J connectivity index is 0.000000755. The zero-order chi connectivity index (χ0) is 20.8. The molecule has 1 aromatic rings. The summed E-state index contributed by atoms with van der Waals surface area (Å²) in [7, 11) is 0. The van der Waals surface area contributed by atoms with E-state index in [1.807, 2.05) is 13.8 Å². The standard InChI is InChI=1S/C21H30N2OS2.CH2O2/c1-15(2)21(24)23-11-17-10-22(18-13-25-8-9-26-14-18)12-19(17)20(23)16-6-4-3-5-7-16;2-1-3/h3-7,15,17-20H,8-14H2,1-2H3;1H,(H,2,3)/t17-,19-,20+;/m0./s1. The highest BCUT2D eigenvalue weighted by Gasteiger charge is 2.50. The summed E-state index contributed by atoms with van der Waals surface area (Å²) in [5.74, 6) is 6.75. The highest BCUT2D eigenvalue weighted by atomic mass is 32.2. The predicted octanol–water partition coefficient (Wildman–Crippen LogP) is 3.32. The lowest BCUT2D eigenvalue weighted by Crippen LogP contribution is -2.42. The van der Waals surface area contributed by atoms with E-state index in [1.165, 1.54) is 35.1 Å². The van der Waals surface area contributed by atoms with Crippen molar-refractivity contribution >= 4 is 35.9 Å². The predicted molar refractivity (Wildman–Crippen MR) is 121 cm³/mol. The maximum atomic E-state index is 12.9. The van der Waals surface area contributed by atoms with Crippen LogP contribution in [0.25, 0.3) is 0 Å². The highest BCUT2D eigenvalue weighted by molar-refractivity contribution is 8.03. The Kier molecular flexibility index (Phi) is 8.33. The summed E-state index contributed by atoms with van der Waals surface area (Å²) >= 11 is 4.24. The van der Waals surface area contributed by atoms with Crippen LogP contribution >= 0.6 is 23.5 Å². The average molecular weight is 437 g/mol. The summed E-state index contributed by atoms with van der Waals surface area (Å²) in [6.45, 7) is 7.07. The second-order valence-electron chi connectivity index (χ2n) is 8.29. The number of amides is 1. The number of likely N-dealkylation sites (tertiary alicyclic amines) is 2. The van der Waals surface area contributed by atoms with E-state index in [1.54, 1.807) is 0 Å². The molecular formula is C22H32N2O3S2. The van der Waals surface area contributed by atoms with Crippen LogP contribution in [-0.2, 0) is 9.59 Å². The molecular weight excluding hydrogens is 404 g/mol. The zero-order valence-corrected chi connectivity index (χ0v) is 18.9. The van der Waals surface area contributed by atoms with E-state index < -0.39 is 0 Å². The van der Waals surface area contributed by atoms with Crippen LogP contribution in [0, 0.1) is 17.8 Å². The van der Waals surface area contributed by atoms with Gasteiger partial charge in [0.1, 0.15) is 0 Å². The number of fused-ring (bicyclic) bond motifs is 1. The Morgan fingerprint density at radius 2 is 1.72 bits per heavy atom. The van der Waals surface area contributed by atoms with Gasteiger partial charge in [-0.3, -0.25) is 14.5 Å². The zero-order valence-electron chi connectivity index (χ0n) is 17.3. The Morgan fingerprint density at radius 3 is 2.31 bits per heavy atom. The first-order valence-corrected chi connectivity index (χ1v) is 12.7. The largest absolute Gasteiger partial charge is 0.483 e. The molecule has 3 heterocycles. The smallest absolute Gasteiger partial charge is 0.290 e. The van der Waals surface area contributed by atoms with Gasteiger partial charge in [0.2, 0.25) is 5.91 Å². The number of hydrogen-bond acceptors (Lipinski definition) is 5. The topological polar surface area (TPSA) is 60.9 Å². The molecule has 3 aliphatic heterocycles. The van der Waals surface area contributed by atoms with Gasteiger partial charge in [0, 0.05) is 60.5 Å². The highest BCUT2D eigenvalue weighted by Crippen LogP contribution is 2.46. The number of carboxylic acid groups (broad SMARTS) is 1. The lowest BCUT2D eigenvalue weighted by atomic mass is 9.89. The van der Waals surface area contributed by atoms with Crippen molar-refractivity contribution in [2.24, 2.45) is 17.8 Å². The number of hydrogen-bond donors (Lipinski definition) is 1. The SMILES string of the molecule is CC(C)C(=O)N1C[C@@H]2CN(C3CSCCSC3)C[C@@H]2[C@H]1c1ccccc1.O=CO. The van der Waals surface area contributed by atoms with Gasteiger partial charge in [0.05, 0.1) is 6.04 Å². The molecule has 160 valence electrons. The van der Waals surface area contributed by atoms with Crippen LogP contribution in [0.5, 0.6) is 0 Å². The van der Waals surface area contributed by atoms with Crippen molar-refractivity contribution < 1.29 is 14.7 Å². The number of benzene rings is 1. The summed E-state index contributed by atoms with van der Waals surface area (Å²) in [6, 6.07) is 11.7. The molecule has 0 aliphatic carbocycles. The van der Waals surface area contributed by atoms with Crippen LogP contribution in [0.15, 0.2) is 30.3 Å². The van der Waals surface area contributed by atoms with E-state index in [4.69, 9.17) is 9.90 Å². The van der Waals surface area contributed by atoms with Crippen molar-refractivity contribution in [2.75, 3.05) is 42.6 Å². The molecule has 5 nitrogen and oxygen atoms in total. The summed E-state index contributed by atoms with van der Waals surface area (Å²) < 4.78 is 0. The Hall–Kier alpha value is -1.18. The molecule has 0 unspecified atom stereocenters. The van der Waals surface area contributed by atoms with Crippen molar-refractivity contribution in [3.8, 4) is 0 Å². The van der Waals surface area contributed by atoms with E-state index >= 15 is 0 Å². The van der Waals surface area contributed by atoms with Gasteiger partial charge in [0.15, 0.2) is 0 Å². The molecule has 7 heteroatoms. The van der Waals surface area contributed by atoms with Gasteiger partial charge >= 0.3 is 0 Å². The second-order valence-corrected chi connectivity index (χ2v) is 10.6. The van der Waals surface area contributed by atoms with Crippen molar-refractivity contribution in [1.29, 1.82) is 0 Å². The third-order valence-corrected chi connectivity index (χ3v) is 8.60. The maximum absolute atomic E-state index is 12.9. The number of carbonyl (C=O) groups excluding carboxylic acids is 1. The van der Waals surface area contributed by atoms with Gasteiger partial charge in [-0.05, 0) is 11.5 Å². The number of carbonyl (C=O) groups is 2. The monoisotopic (exact) mass is 436 g/mol.